The molecule has 0 radical (unpaired) electrons. The maximum absolute atomic E-state index is 4.41. The molecule has 1 aliphatic carbocycles. The Labute approximate surface area is 107 Å². The lowest BCUT2D eigenvalue weighted by atomic mass is 10.2. The Balaban J connectivity index is 1.69. The van der Waals surface area contributed by atoms with Crippen molar-refractivity contribution in [3.8, 4) is 0 Å². The molecule has 18 heavy (non-hydrogen) atoms. The number of aryl methyl sites for hydroxylation is 1. The number of aromatic nitrogens is 4. The first-order chi connectivity index (χ1) is 8.84. The van der Waals surface area contributed by atoms with Crippen LogP contribution >= 0.6 is 0 Å². The van der Waals surface area contributed by atoms with Gasteiger partial charge >= 0.3 is 0 Å². The normalized spacial score (nSPS) is 16.3. The number of nitrogens with zero attached hydrogens (tertiary/aromatic N) is 4. The van der Waals surface area contributed by atoms with Crippen LogP contribution in [0.1, 0.15) is 37.4 Å². The second-order valence-corrected chi connectivity index (χ2v) is 4.90. The van der Waals surface area contributed by atoms with Crippen molar-refractivity contribution in [1.29, 1.82) is 0 Å². The first-order valence-electron chi connectivity index (χ1n) is 6.58. The molecule has 0 unspecified atom stereocenters. The van der Waals surface area contributed by atoms with Crippen molar-refractivity contribution in [3.63, 3.8) is 0 Å². The molecule has 0 saturated heterocycles. The van der Waals surface area contributed by atoms with E-state index in [1.807, 2.05) is 30.2 Å². The number of anilines is 1. The van der Waals surface area contributed by atoms with E-state index in [2.05, 4.69) is 26.2 Å². The Bertz CT molecular complexity index is 507. The van der Waals surface area contributed by atoms with Crippen molar-refractivity contribution in [2.75, 3.05) is 5.32 Å². The van der Waals surface area contributed by atoms with E-state index >= 15 is 0 Å². The molecule has 0 spiro atoms. The van der Waals surface area contributed by atoms with Crippen LogP contribution in [0.2, 0.25) is 0 Å². The molecule has 1 saturated carbocycles. The molecule has 3 rings (SSSR count). The third-order valence-corrected chi connectivity index (χ3v) is 3.74. The summed E-state index contributed by atoms with van der Waals surface area (Å²) >= 11 is 0. The average Bonchev–Trinajstić information content (AvgIpc) is 3.07. The summed E-state index contributed by atoms with van der Waals surface area (Å²) in [7, 11) is 1.96. The number of imidazole rings is 1. The van der Waals surface area contributed by atoms with Crippen molar-refractivity contribution >= 4 is 5.95 Å². The van der Waals surface area contributed by atoms with Gasteiger partial charge in [-0.1, -0.05) is 12.8 Å². The van der Waals surface area contributed by atoms with Crippen molar-refractivity contribution in [1.82, 2.24) is 19.3 Å². The Morgan fingerprint density at radius 3 is 2.89 bits per heavy atom. The highest BCUT2D eigenvalue weighted by Gasteiger charge is 2.19. The zero-order valence-electron chi connectivity index (χ0n) is 10.7. The fourth-order valence-electron chi connectivity index (χ4n) is 2.67. The summed E-state index contributed by atoms with van der Waals surface area (Å²) in [5.41, 5.74) is 1.16. The van der Waals surface area contributed by atoms with Crippen LogP contribution in [0.4, 0.5) is 5.95 Å². The molecular formula is C13H19N5. The molecule has 0 atom stereocenters. The molecule has 0 amide bonds. The van der Waals surface area contributed by atoms with Crippen LogP contribution in [-0.4, -0.2) is 19.3 Å². The SMILES string of the molecule is Cn1nccc1CNc1nccn1C1CCCC1. The third kappa shape index (κ3) is 2.12. The van der Waals surface area contributed by atoms with Gasteiger partial charge in [-0.3, -0.25) is 4.68 Å². The number of hydrogen-bond donors (Lipinski definition) is 1. The predicted octanol–water partition coefficient (Wildman–Crippen LogP) is 2.34. The monoisotopic (exact) mass is 245 g/mol. The maximum atomic E-state index is 4.41. The molecule has 96 valence electrons. The minimum Gasteiger partial charge on any atom is -0.350 e. The number of hydrogen-bond acceptors (Lipinski definition) is 3. The Morgan fingerprint density at radius 1 is 1.33 bits per heavy atom. The zero-order valence-corrected chi connectivity index (χ0v) is 10.7. The first kappa shape index (κ1) is 11.3. The van der Waals surface area contributed by atoms with Crippen LogP contribution in [0.15, 0.2) is 24.7 Å². The molecule has 1 N–H and O–H groups in total. The minimum absolute atomic E-state index is 0.626. The highest BCUT2D eigenvalue weighted by Crippen LogP contribution is 2.31. The fourth-order valence-corrected chi connectivity index (χ4v) is 2.67. The van der Waals surface area contributed by atoms with Crippen molar-refractivity contribution < 1.29 is 0 Å². The van der Waals surface area contributed by atoms with Gasteiger partial charge in [-0.05, 0) is 18.9 Å². The van der Waals surface area contributed by atoms with E-state index in [-0.39, 0.29) is 0 Å². The van der Waals surface area contributed by atoms with Gasteiger partial charge in [0.2, 0.25) is 5.95 Å². The third-order valence-electron chi connectivity index (χ3n) is 3.74. The van der Waals surface area contributed by atoms with E-state index in [0.717, 1.165) is 18.2 Å². The lowest BCUT2D eigenvalue weighted by Gasteiger charge is -2.15. The standard InChI is InChI=1S/C13H19N5/c1-17-12(6-7-16-17)10-15-13-14-8-9-18(13)11-4-2-3-5-11/h6-9,11H,2-5,10H2,1H3,(H,14,15). The van der Waals surface area contributed by atoms with Gasteiger partial charge in [-0.2, -0.15) is 5.10 Å². The van der Waals surface area contributed by atoms with Crippen LogP contribution in [0.25, 0.3) is 0 Å². The van der Waals surface area contributed by atoms with Gasteiger partial charge in [0.15, 0.2) is 0 Å². The second-order valence-electron chi connectivity index (χ2n) is 4.90. The summed E-state index contributed by atoms with van der Waals surface area (Å²) < 4.78 is 4.17. The highest BCUT2D eigenvalue weighted by atomic mass is 15.3. The summed E-state index contributed by atoms with van der Waals surface area (Å²) in [4.78, 5) is 4.41. The van der Waals surface area contributed by atoms with E-state index in [4.69, 9.17) is 0 Å². The molecule has 5 heteroatoms. The molecule has 0 aliphatic heterocycles. The fraction of sp³-hybridized carbons (Fsp3) is 0.538. The molecule has 1 aliphatic rings. The molecule has 5 nitrogen and oxygen atoms in total. The topological polar surface area (TPSA) is 47.7 Å². The second kappa shape index (κ2) is 4.84. The molecule has 2 aromatic heterocycles. The van der Waals surface area contributed by atoms with E-state index in [1.54, 1.807) is 0 Å². The van der Waals surface area contributed by atoms with Crippen molar-refractivity contribution in [2.24, 2.45) is 7.05 Å². The van der Waals surface area contributed by atoms with E-state index in [0.29, 0.717) is 6.04 Å². The van der Waals surface area contributed by atoms with Crippen LogP contribution in [-0.2, 0) is 13.6 Å². The zero-order chi connectivity index (χ0) is 12.4. The summed E-state index contributed by atoms with van der Waals surface area (Å²) in [6.07, 6.45) is 11.0. The molecule has 0 bridgehead atoms. The molecule has 2 aromatic rings. The van der Waals surface area contributed by atoms with Crippen LogP contribution in [0.3, 0.4) is 0 Å². The molecular weight excluding hydrogens is 226 g/mol. The lowest BCUT2D eigenvalue weighted by Crippen LogP contribution is -2.12. The smallest absolute Gasteiger partial charge is 0.203 e. The predicted molar refractivity (Wildman–Crippen MR) is 70.3 cm³/mol. The van der Waals surface area contributed by atoms with Gasteiger partial charge in [0, 0.05) is 31.7 Å². The van der Waals surface area contributed by atoms with Gasteiger partial charge in [0.05, 0.1) is 12.2 Å². The summed E-state index contributed by atoms with van der Waals surface area (Å²) in [6.45, 7) is 0.764. The molecule has 1 fully saturated rings. The largest absolute Gasteiger partial charge is 0.350 e. The Kier molecular flexibility index (Phi) is 3.04. The molecule has 0 aromatic carbocycles. The summed E-state index contributed by atoms with van der Waals surface area (Å²) in [5, 5.41) is 7.57. The maximum Gasteiger partial charge on any atom is 0.203 e. The Morgan fingerprint density at radius 2 is 2.17 bits per heavy atom. The van der Waals surface area contributed by atoms with Gasteiger partial charge in [-0.25, -0.2) is 4.98 Å². The first-order valence-corrected chi connectivity index (χ1v) is 6.58. The Hall–Kier alpha value is -1.78. The van der Waals surface area contributed by atoms with E-state index in [9.17, 15) is 0 Å². The van der Waals surface area contributed by atoms with Crippen LogP contribution in [0, 0.1) is 0 Å². The highest BCUT2D eigenvalue weighted by molar-refractivity contribution is 5.28. The molecule has 2 heterocycles. The van der Waals surface area contributed by atoms with Crippen LogP contribution < -0.4 is 5.32 Å². The van der Waals surface area contributed by atoms with E-state index < -0.39 is 0 Å². The van der Waals surface area contributed by atoms with Gasteiger partial charge in [0.25, 0.3) is 0 Å². The average molecular weight is 245 g/mol. The van der Waals surface area contributed by atoms with Crippen molar-refractivity contribution in [2.45, 2.75) is 38.3 Å². The minimum atomic E-state index is 0.626. The number of rotatable bonds is 4. The van der Waals surface area contributed by atoms with Crippen LogP contribution in [0.5, 0.6) is 0 Å². The van der Waals surface area contributed by atoms with Gasteiger partial charge in [0.1, 0.15) is 0 Å². The van der Waals surface area contributed by atoms with E-state index in [1.165, 1.54) is 25.7 Å². The summed E-state index contributed by atoms with van der Waals surface area (Å²) in [6, 6.07) is 2.65. The van der Waals surface area contributed by atoms with Gasteiger partial charge < -0.3 is 9.88 Å². The van der Waals surface area contributed by atoms with Gasteiger partial charge in [-0.15, -0.1) is 0 Å². The lowest BCUT2D eigenvalue weighted by molar-refractivity contribution is 0.522. The summed E-state index contributed by atoms with van der Waals surface area (Å²) in [5.74, 6) is 0.975. The quantitative estimate of drug-likeness (QED) is 0.899. The van der Waals surface area contributed by atoms with Crippen molar-refractivity contribution in [3.05, 3.63) is 30.4 Å². The number of nitrogens with one attached hydrogen (secondary N) is 1.